The molecule has 2 rings (SSSR count). The molecule has 2 atom stereocenters. The van der Waals surface area contributed by atoms with E-state index in [0.29, 0.717) is 18.8 Å². The van der Waals surface area contributed by atoms with Gasteiger partial charge in [-0.3, -0.25) is 0 Å². The topological polar surface area (TPSA) is 63.4 Å². The number of hydrogen-bond acceptors (Lipinski definition) is 3. The lowest BCUT2D eigenvalue weighted by Crippen LogP contribution is -2.49. The summed E-state index contributed by atoms with van der Waals surface area (Å²) in [6.45, 7) is 2.27. The van der Waals surface area contributed by atoms with Crippen molar-refractivity contribution in [3.8, 4) is 0 Å². The van der Waals surface area contributed by atoms with E-state index in [-0.39, 0.29) is 13.1 Å². The minimum Gasteiger partial charge on any atom is -0.329 e. The van der Waals surface area contributed by atoms with E-state index in [1.54, 1.807) is 0 Å². The number of rotatable bonds is 3. The molecule has 0 amide bonds. The Balaban J connectivity index is 2.47. The van der Waals surface area contributed by atoms with Crippen LogP contribution < -0.4 is 5.73 Å². The molecule has 0 spiro atoms. The van der Waals surface area contributed by atoms with Crippen LogP contribution in [0.5, 0.6) is 0 Å². The first kappa shape index (κ1) is 17.2. The molecule has 1 aliphatic rings. The van der Waals surface area contributed by atoms with Gasteiger partial charge >= 0.3 is 6.18 Å². The molecule has 1 aromatic carbocycles. The molecule has 0 bridgehead atoms. The van der Waals surface area contributed by atoms with Gasteiger partial charge in [-0.15, -0.1) is 0 Å². The number of nitrogens with zero attached hydrogens (tertiary/aromatic N) is 1. The largest absolute Gasteiger partial charge is 0.417 e. The normalized spacial score (nSPS) is 24.4. The molecule has 1 saturated heterocycles. The van der Waals surface area contributed by atoms with Gasteiger partial charge in [-0.2, -0.15) is 17.5 Å². The molecule has 0 radical (unpaired) electrons. The van der Waals surface area contributed by atoms with E-state index >= 15 is 0 Å². The number of nitrogens with two attached hydrogens (primary N) is 1. The SMILES string of the molecule is CC1CCN(S(=O)(=O)c2ccccc2C(F)(F)F)C(CN)C1. The molecule has 8 heteroatoms. The van der Waals surface area contributed by atoms with Crippen LogP contribution in [-0.2, 0) is 16.2 Å². The fourth-order valence-electron chi connectivity index (χ4n) is 2.81. The zero-order chi connectivity index (χ0) is 16.5. The molecule has 2 unspecified atom stereocenters. The van der Waals surface area contributed by atoms with Crippen molar-refractivity contribution in [3.63, 3.8) is 0 Å². The molecule has 4 nitrogen and oxygen atoms in total. The molecule has 124 valence electrons. The van der Waals surface area contributed by atoms with Crippen LogP contribution in [0.4, 0.5) is 13.2 Å². The molecule has 22 heavy (non-hydrogen) atoms. The summed E-state index contributed by atoms with van der Waals surface area (Å²) in [4.78, 5) is -0.699. The van der Waals surface area contributed by atoms with Crippen LogP contribution in [0, 0.1) is 5.92 Å². The highest BCUT2D eigenvalue weighted by Crippen LogP contribution is 2.36. The van der Waals surface area contributed by atoms with Crippen molar-refractivity contribution in [1.29, 1.82) is 0 Å². The summed E-state index contributed by atoms with van der Waals surface area (Å²) in [7, 11) is -4.23. The standard InChI is InChI=1S/C14H19F3N2O2S/c1-10-6-7-19(11(8-10)9-18)22(20,21)13-5-3-2-4-12(13)14(15,16)17/h2-5,10-11H,6-9,18H2,1H3. The molecule has 1 aliphatic heterocycles. The Morgan fingerprint density at radius 1 is 1.32 bits per heavy atom. The van der Waals surface area contributed by atoms with E-state index < -0.39 is 32.7 Å². The predicted molar refractivity (Wildman–Crippen MR) is 76.6 cm³/mol. The van der Waals surface area contributed by atoms with Gasteiger partial charge in [0.25, 0.3) is 0 Å². The van der Waals surface area contributed by atoms with Crippen LogP contribution in [0.3, 0.4) is 0 Å². The van der Waals surface area contributed by atoms with Crippen LogP contribution in [0.1, 0.15) is 25.3 Å². The summed E-state index contributed by atoms with van der Waals surface area (Å²) in [6.07, 6.45) is -3.54. The summed E-state index contributed by atoms with van der Waals surface area (Å²) < 4.78 is 65.8. The monoisotopic (exact) mass is 336 g/mol. The first-order chi connectivity index (χ1) is 10.2. The summed E-state index contributed by atoms with van der Waals surface area (Å²) in [5, 5.41) is 0. The maximum absolute atomic E-state index is 13.1. The van der Waals surface area contributed by atoms with Gasteiger partial charge in [0.15, 0.2) is 0 Å². The van der Waals surface area contributed by atoms with Crippen molar-refractivity contribution in [2.24, 2.45) is 11.7 Å². The Labute approximate surface area is 128 Å². The Kier molecular flexibility index (Phi) is 4.84. The van der Waals surface area contributed by atoms with Gasteiger partial charge in [-0.05, 0) is 30.9 Å². The number of hydrogen-bond donors (Lipinski definition) is 1. The lowest BCUT2D eigenvalue weighted by atomic mass is 9.94. The first-order valence-electron chi connectivity index (χ1n) is 7.06. The van der Waals surface area contributed by atoms with E-state index in [1.807, 2.05) is 6.92 Å². The highest BCUT2D eigenvalue weighted by Gasteiger charge is 2.41. The Bertz CT molecular complexity index is 631. The fraction of sp³-hybridized carbons (Fsp3) is 0.571. The van der Waals surface area contributed by atoms with Gasteiger partial charge in [0.05, 0.1) is 10.5 Å². The molecular weight excluding hydrogens is 317 g/mol. The molecule has 1 heterocycles. The second-order valence-electron chi connectivity index (χ2n) is 5.63. The van der Waals surface area contributed by atoms with Crippen molar-refractivity contribution < 1.29 is 21.6 Å². The molecule has 2 N–H and O–H groups in total. The van der Waals surface area contributed by atoms with E-state index in [4.69, 9.17) is 5.73 Å². The van der Waals surface area contributed by atoms with Gasteiger partial charge in [0.2, 0.25) is 10.0 Å². The van der Waals surface area contributed by atoms with Crippen LogP contribution >= 0.6 is 0 Å². The Hall–Kier alpha value is -1.12. The minimum absolute atomic E-state index is 0.0950. The Morgan fingerprint density at radius 2 is 1.95 bits per heavy atom. The number of benzene rings is 1. The molecule has 0 aliphatic carbocycles. The van der Waals surface area contributed by atoms with Gasteiger partial charge in [0, 0.05) is 19.1 Å². The summed E-state index contributed by atoms with van der Waals surface area (Å²) in [5.41, 5.74) is 4.49. The molecule has 0 aromatic heterocycles. The van der Waals surface area contributed by atoms with E-state index in [9.17, 15) is 21.6 Å². The number of alkyl halides is 3. The van der Waals surface area contributed by atoms with Crippen LogP contribution in [0.25, 0.3) is 0 Å². The number of halogens is 3. The third kappa shape index (κ3) is 3.28. The second kappa shape index (κ2) is 6.17. The average molecular weight is 336 g/mol. The van der Waals surface area contributed by atoms with Crippen molar-refractivity contribution in [2.75, 3.05) is 13.1 Å². The third-order valence-corrected chi connectivity index (χ3v) is 5.99. The van der Waals surface area contributed by atoms with Gasteiger partial charge < -0.3 is 5.73 Å². The van der Waals surface area contributed by atoms with Gasteiger partial charge in [-0.1, -0.05) is 19.1 Å². The molecule has 0 saturated carbocycles. The maximum atomic E-state index is 13.1. The third-order valence-electron chi connectivity index (χ3n) is 3.98. The van der Waals surface area contributed by atoms with Gasteiger partial charge in [-0.25, -0.2) is 8.42 Å². The summed E-state index contributed by atoms with van der Waals surface area (Å²) in [5.74, 6) is 0.304. The lowest BCUT2D eigenvalue weighted by Gasteiger charge is -2.37. The van der Waals surface area contributed by atoms with E-state index in [2.05, 4.69) is 0 Å². The van der Waals surface area contributed by atoms with Crippen LogP contribution in [0.15, 0.2) is 29.2 Å². The Morgan fingerprint density at radius 3 is 2.55 bits per heavy atom. The van der Waals surface area contributed by atoms with E-state index in [0.717, 1.165) is 16.4 Å². The second-order valence-corrected chi connectivity index (χ2v) is 7.49. The van der Waals surface area contributed by atoms with Crippen molar-refractivity contribution >= 4 is 10.0 Å². The highest BCUT2D eigenvalue weighted by atomic mass is 32.2. The van der Waals surface area contributed by atoms with Crippen molar-refractivity contribution in [1.82, 2.24) is 4.31 Å². The van der Waals surface area contributed by atoms with Gasteiger partial charge in [0.1, 0.15) is 0 Å². The molecular formula is C14H19F3N2O2S. The van der Waals surface area contributed by atoms with Crippen LogP contribution in [0.2, 0.25) is 0 Å². The lowest BCUT2D eigenvalue weighted by molar-refractivity contribution is -0.139. The smallest absolute Gasteiger partial charge is 0.329 e. The molecule has 1 fully saturated rings. The summed E-state index contributed by atoms with van der Waals surface area (Å²) >= 11 is 0. The quantitative estimate of drug-likeness (QED) is 0.922. The fourth-order valence-corrected chi connectivity index (χ4v) is 4.69. The van der Waals surface area contributed by atoms with Crippen LogP contribution in [-0.4, -0.2) is 31.9 Å². The molecule has 1 aromatic rings. The number of sulfonamides is 1. The average Bonchev–Trinajstić information content (AvgIpc) is 2.46. The van der Waals surface area contributed by atoms with Crippen molar-refractivity contribution in [2.45, 2.75) is 36.9 Å². The zero-order valence-electron chi connectivity index (χ0n) is 12.2. The highest BCUT2D eigenvalue weighted by molar-refractivity contribution is 7.89. The van der Waals surface area contributed by atoms with E-state index in [1.165, 1.54) is 12.1 Å². The minimum atomic E-state index is -4.72. The maximum Gasteiger partial charge on any atom is 0.417 e. The van der Waals surface area contributed by atoms with Crippen molar-refractivity contribution in [3.05, 3.63) is 29.8 Å². The summed E-state index contributed by atoms with van der Waals surface area (Å²) in [6, 6.07) is 3.81. The zero-order valence-corrected chi connectivity index (χ0v) is 13.0. The number of piperidine rings is 1. The predicted octanol–water partition coefficient (Wildman–Crippen LogP) is 2.45. The first-order valence-corrected chi connectivity index (χ1v) is 8.50.